The predicted octanol–water partition coefficient (Wildman–Crippen LogP) is 4.56. The minimum Gasteiger partial charge on any atom is -0.463 e. The maximum Gasteiger partial charge on any atom is 0.305 e. The highest BCUT2D eigenvalue weighted by molar-refractivity contribution is 5.69. The summed E-state index contributed by atoms with van der Waals surface area (Å²) >= 11 is 0. The summed E-state index contributed by atoms with van der Waals surface area (Å²) in [5.41, 5.74) is 0. The van der Waals surface area contributed by atoms with Crippen LogP contribution >= 0.6 is 0 Å². The highest BCUT2D eigenvalue weighted by Crippen LogP contribution is 2.05. The van der Waals surface area contributed by atoms with Crippen LogP contribution in [0.1, 0.15) is 64.2 Å². The molecule has 5 heteroatoms. The number of allylic oxidation sites excluding steroid dienone is 9. The highest BCUT2D eigenvalue weighted by Gasteiger charge is 2.07. The van der Waals surface area contributed by atoms with Crippen LogP contribution < -0.4 is 0 Å². The third-order valence-electron chi connectivity index (χ3n) is 4.12. The molecule has 0 aromatic rings. The Morgan fingerprint density at radius 1 is 0.700 bits per heavy atom. The molecular formula is C25H40O5. The number of aliphatic hydroxyl groups is 3. The van der Waals surface area contributed by atoms with Crippen molar-refractivity contribution in [2.24, 2.45) is 0 Å². The predicted molar refractivity (Wildman–Crippen MR) is 123 cm³/mol. The average molecular weight is 421 g/mol. The molecule has 0 saturated heterocycles. The molecule has 3 N–H and O–H groups in total. The Balaban J connectivity index is 3.48. The molecule has 0 saturated carbocycles. The molecule has 5 nitrogen and oxygen atoms in total. The lowest BCUT2D eigenvalue weighted by atomic mass is 10.1. The van der Waals surface area contributed by atoms with E-state index in [0.29, 0.717) is 6.42 Å². The van der Waals surface area contributed by atoms with E-state index in [0.717, 1.165) is 57.8 Å². The summed E-state index contributed by atoms with van der Waals surface area (Å²) in [5, 5.41) is 26.4. The van der Waals surface area contributed by atoms with Gasteiger partial charge in [-0.05, 0) is 51.4 Å². The Bertz CT molecular complexity index is 532. The summed E-state index contributed by atoms with van der Waals surface area (Å²) in [7, 11) is 0. The Kier molecular flexibility index (Phi) is 21.8. The summed E-state index contributed by atoms with van der Waals surface area (Å²) < 4.78 is 4.85. The van der Waals surface area contributed by atoms with Gasteiger partial charge in [0.2, 0.25) is 0 Å². The van der Waals surface area contributed by atoms with E-state index in [2.05, 4.69) is 54.7 Å². The molecule has 1 atom stereocenters. The van der Waals surface area contributed by atoms with Crippen molar-refractivity contribution in [2.75, 3.05) is 19.8 Å². The summed E-state index contributed by atoms with van der Waals surface area (Å²) in [6.45, 7) is -0.314. The quantitative estimate of drug-likeness (QED) is 0.162. The summed E-state index contributed by atoms with van der Waals surface area (Å²) in [5.74, 6) is -0.320. The standard InChI is InChI=1S/C25H40O5/c26-21-19-17-15-13-11-9-7-5-3-1-2-4-6-8-10-12-14-16-18-20-25(29)30-23-24(28)22-27/h2-5,8-11,15,17,24,26-28H,1,6-7,12-14,16,18-23H2. The second-order valence-electron chi connectivity index (χ2n) is 6.93. The molecule has 0 aromatic carbocycles. The van der Waals surface area contributed by atoms with Crippen molar-refractivity contribution in [3.8, 4) is 0 Å². The molecule has 0 rings (SSSR count). The minimum absolute atomic E-state index is 0.136. The zero-order chi connectivity index (χ0) is 22.1. The summed E-state index contributed by atoms with van der Waals surface area (Å²) in [6, 6.07) is 0. The maximum atomic E-state index is 11.4. The van der Waals surface area contributed by atoms with Crippen LogP contribution in [0.15, 0.2) is 60.8 Å². The first kappa shape index (κ1) is 28.1. The van der Waals surface area contributed by atoms with Gasteiger partial charge in [0, 0.05) is 13.0 Å². The molecule has 0 aliphatic rings. The first-order valence-electron chi connectivity index (χ1n) is 11.0. The molecule has 0 bridgehead atoms. The number of hydrogen-bond donors (Lipinski definition) is 3. The van der Waals surface area contributed by atoms with Crippen LogP contribution in [0.5, 0.6) is 0 Å². The van der Waals surface area contributed by atoms with Gasteiger partial charge in [0.05, 0.1) is 6.61 Å². The lowest BCUT2D eigenvalue weighted by Gasteiger charge is -2.08. The summed E-state index contributed by atoms with van der Waals surface area (Å²) in [6.07, 6.45) is 29.0. The van der Waals surface area contributed by atoms with Gasteiger partial charge >= 0.3 is 5.97 Å². The topological polar surface area (TPSA) is 87.0 Å². The molecule has 170 valence electrons. The van der Waals surface area contributed by atoms with Crippen LogP contribution in [0.3, 0.4) is 0 Å². The Labute approximate surface area is 182 Å². The van der Waals surface area contributed by atoms with Crippen molar-refractivity contribution >= 4 is 5.97 Å². The Morgan fingerprint density at radius 2 is 1.20 bits per heavy atom. The third-order valence-corrected chi connectivity index (χ3v) is 4.12. The first-order chi connectivity index (χ1) is 14.7. The smallest absolute Gasteiger partial charge is 0.305 e. The van der Waals surface area contributed by atoms with Gasteiger partial charge in [-0.15, -0.1) is 0 Å². The lowest BCUT2D eigenvalue weighted by Crippen LogP contribution is -2.21. The van der Waals surface area contributed by atoms with Gasteiger partial charge in [-0.1, -0.05) is 67.2 Å². The number of unbranched alkanes of at least 4 members (excludes halogenated alkanes) is 3. The van der Waals surface area contributed by atoms with Crippen LogP contribution in [0.4, 0.5) is 0 Å². The monoisotopic (exact) mass is 420 g/mol. The van der Waals surface area contributed by atoms with Crippen LogP contribution in [-0.4, -0.2) is 47.2 Å². The Hall–Kier alpha value is -1.95. The van der Waals surface area contributed by atoms with E-state index in [-0.39, 0.29) is 19.2 Å². The lowest BCUT2D eigenvalue weighted by molar-refractivity contribution is -0.147. The largest absolute Gasteiger partial charge is 0.463 e. The second kappa shape index (κ2) is 23.3. The number of carbonyl (C=O) groups is 1. The van der Waals surface area contributed by atoms with Gasteiger partial charge in [-0.3, -0.25) is 4.79 Å². The van der Waals surface area contributed by atoms with E-state index in [9.17, 15) is 4.79 Å². The highest BCUT2D eigenvalue weighted by atomic mass is 16.5. The zero-order valence-electron chi connectivity index (χ0n) is 18.2. The number of carbonyl (C=O) groups excluding carboxylic acids is 1. The number of esters is 1. The van der Waals surface area contributed by atoms with Gasteiger partial charge < -0.3 is 20.1 Å². The normalized spacial score (nSPS) is 13.6. The molecule has 0 aliphatic carbocycles. The van der Waals surface area contributed by atoms with E-state index in [1.807, 2.05) is 6.08 Å². The zero-order valence-corrected chi connectivity index (χ0v) is 18.2. The molecule has 30 heavy (non-hydrogen) atoms. The minimum atomic E-state index is -0.984. The maximum absolute atomic E-state index is 11.4. The van der Waals surface area contributed by atoms with Crippen molar-refractivity contribution in [3.63, 3.8) is 0 Å². The van der Waals surface area contributed by atoms with Gasteiger partial charge in [0.1, 0.15) is 12.7 Å². The number of hydrogen-bond acceptors (Lipinski definition) is 5. The molecule has 0 aliphatic heterocycles. The fraction of sp³-hybridized carbons (Fsp3) is 0.560. The summed E-state index contributed by atoms with van der Waals surface area (Å²) in [4.78, 5) is 11.4. The SMILES string of the molecule is O=C(CCCCCC=CCC=CCC=CCC=CCC=CCCO)OCC(O)CO. The number of rotatable bonds is 19. The van der Waals surface area contributed by atoms with E-state index >= 15 is 0 Å². The first-order valence-corrected chi connectivity index (χ1v) is 11.0. The van der Waals surface area contributed by atoms with E-state index in [1.54, 1.807) is 0 Å². The van der Waals surface area contributed by atoms with Crippen LogP contribution in [0.2, 0.25) is 0 Å². The number of aliphatic hydroxyl groups excluding tert-OH is 3. The van der Waals surface area contributed by atoms with Crippen molar-refractivity contribution in [2.45, 2.75) is 70.3 Å². The molecule has 0 radical (unpaired) electrons. The fourth-order valence-corrected chi connectivity index (χ4v) is 2.42. The van der Waals surface area contributed by atoms with Crippen LogP contribution in [0.25, 0.3) is 0 Å². The molecular weight excluding hydrogens is 380 g/mol. The van der Waals surface area contributed by atoms with E-state index < -0.39 is 12.7 Å². The van der Waals surface area contributed by atoms with Crippen LogP contribution in [0, 0.1) is 0 Å². The average Bonchev–Trinajstić information content (AvgIpc) is 2.76. The van der Waals surface area contributed by atoms with E-state index in [4.69, 9.17) is 20.1 Å². The van der Waals surface area contributed by atoms with E-state index in [1.165, 1.54) is 0 Å². The Morgan fingerprint density at radius 3 is 1.70 bits per heavy atom. The van der Waals surface area contributed by atoms with Crippen LogP contribution in [-0.2, 0) is 9.53 Å². The van der Waals surface area contributed by atoms with Crippen molar-refractivity contribution < 1.29 is 24.9 Å². The van der Waals surface area contributed by atoms with Crippen molar-refractivity contribution in [3.05, 3.63) is 60.8 Å². The number of ether oxygens (including phenoxy) is 1. The molecule has 0 fully saturated rings. The third kappa shape index (κ3) is 22.3. The molecule has 0 spiro atoms. The second-order valence-corrected chi connectivity index (χ2v) is 6.93. The van der Waals surface area contributed by atoms with Gasteiger partial charge in [0.15, 0.2) is 0 Å². The fourth-order valence-electron chi connectivity index (χ4n) is 2.42. The van der Waals surface area contributed by atoms with Gasteiger partial charge in [0.25, 0.3) is 0 Å². The van der Waals surface area contributed by atoms with Crippen molar-refractivity contribution in [1.82, 2.24) is 0 Å². The van der Waals surface area contributed by atoms with Crippen molar-refractivity contribution in [1.29, 1.82) is 0 Å². The molecule has 0 amide bonds. The van der Waals surface area contributed by atoms with Gasteiger partial charge in [-0.2, -0.15) is 0 Å². The molecule has 1 unspecified atom stereocenters. The molecule has 0 aromatic heterocycles. The van der Waals surface area contributed by atoms with Gasteiger partial charge in [-0.25, -0.2) is 0 Å². The molecule has 0 heterocycles.